The lowest BCUT2D eigenvalue weighted by Crippen LogP contribution is -2.42. The van der Waals surface area contributed by atoms with Gasteiger partial charge in [0.15, 0.2) is 0 Å². The van der Waals surface area contributed by atoms with Crippen molar-refractivity contribution >= 4 is 11.8 Å². The van der Waals surface area contributed by atoms with Crippen molar-refractivity contribution in [2.45, 2.75) is 61.7 Å². The summed E-state index contributed by atoms with van der Waals surface area (Å²) in [6, 6.07) is -0.822. The molecular formula is C10H18F3NS. The number of alkyl halides is 3. The summed E-state index contributed by atoms with van der Waals surface area (Å²) < 4.78 is 37.9. The van der Waals surface area contributed by atoms with E-state index in [1.54, 1.807) is 0 Å². The normalized spacial score (nSPS) is 23.8. The van der Waals surface area contributed by atoms with Gasteiger partial charge in [0.1, 0.15) is 5.25 Å². The maximum absolute atomic E-state index is 12.6. The van der Waals surface area contributed by atoms with Crippen LogP contribution >= 0.6 is 11.8 Å². The predicted octanol–water partition coefficient (Wildman–Crippen LogP) is 3.33. The van der Waals surface area contributed by atoms with Gasteiger partial charge < -0.3 is 5.73 Å². The van der Waals surface area contributed by atoms with Crippen LogP contribution in [0.1, 0.15) is 39.0 Å². The molecule has 1 nitrogen and oxygen atoms in total. The summed E-state index contributed by atoms with van der Waals surface area (Å²) in [5.41, 5.74) is 5.40. The maximum Gasteiger partial charge on any atom is 0.402 e. The third-order valence-corrected chi connectivity index (χ3v) is 4.54. The van der Waals surface area contributed by atoms with Crippen LogP contribution in [0.2, 0.25) is 0 Å². The number of thioether (sulfide) groups is 1. The molecule has 1 rings (SSSR count). The van der Waals surface area contributed by atoms with E-state index in [1.165, 1.54) is 6.92 Å². The fraction of sp³-hybridized carbons (Fsp3) is 1.00. The Morgan fingerprint density at radius 1 is 1.20 bits per heavy atom. The van der Waals surface area contributed by atoms with Crippen molar-refractivity contribution < 1.29 is 13.2 Å². The van der Waals surface area contributed by atoms with Gasteiger partial charge in [-0.3, -0.25) is 0 Å². The highest BCUT2D eigenvalue weighted by Gasteiger charge is 2.43. The molecule has 0 spiro atoms. The molecule has 2 atom stereocenters. The third-order valence-electron chi connectivity index (χ3n) is 2.69. The van der Waals surface area contributed by atoms with Crippen LogP contribution in [-0.2, 0) is 0 Å². The fourth-order valence-electron chi connectivity index (χ4n) is 1.91. The van der Waals surface area contributed by atoms with Gasteiger partial charge in [-0.1, -0.05) is 19.3 Å². The van der Waals surface area contributed by atoms with Crippen LogP contribution in [0, 0.1) is 0 Å². The molecule has 0 amide bonds. The molecule has 1 fully saturated rings. The Hall–Kier alpha value is 0.100. The molecule has 1 saturated carbocycles. The van der Waals surface area contributed by atoms with Crippen molar-refractivity contribution in [2.24, 2.45) is 5.73 Å². The second kappa shape index (κ2) is 5.43. The minimum absolute atomic E-state index is 0.149. The average molecular weight is 241 g/mol. The van der Waals surface area contributed by atoms with Gasteiger partial charge in [0.2, 0.25) is 0 Å². The van der Waals surface area contributed by atoms with Gasteiger partial charge in [0.05, 0.1) is 0 Å². The Morgan fingerprint density at radius 2 is 1.73 bits per heavy atom. The molecule has 0 aromatic heterocycles. The summed E-state index contributed by atoms with van der Waals surface area (Å²) in [6.07, 6.45) is 0.915. The van der Waals surface area contributed by atoms with Crippen LogP contribution in [0.25, 0.3) is 0 Å². The van der Waals surface area contributed by atoms with E-state index in [1.807, 2.05) is 0 Å². The Kier molecular flexibility index (Phi) is 4.77. The van der Waals surface area contributed by atoms with Crippen LogP contribution in [-0.4, -0.2) is 22.7 Å². The van der Waals surface area contributed by atoms with Gasteiger partial charge >= 0.3 is 6.18 Å². The molecule has 0 aliphatic heterocycles. The number of rotatable bonds is 3. The molecule has 0 radical (unpaired) electrons. The molecule has 0 bridgehead atoms. The molecular weight excluding hydrogens is 223 g/mol. The molecule has 2 unspecified atom stereocenters. The SMILES string of the molecule is CC(N)C(SC1CCCCC1)C(F)(F)F. The minimum Gasteiger partial charge on any atom is -0.327 e. The van der Waals surface area contributed by atoms with Gasteiger partial charge in [-0.2, -0.15) is 13.2 Å². The first-order valence-electron chi connectivity index (χ1n) is 5.39. The summed E-state index contributed by atoms with van der Waals surface area (Å²) >= 11 is 1.03. The maximum atomic E-state index is 12.6. The number of nitrogens with two attached hydrogens (primary N) is 1. The van der Waals surface area contributed by atoms with Crippen LogP contribution in [0.3, 0.4) is 0 Å². The number of hydrogen-bond donors (Lipinski definition) is 1. The Bertz CT molecular complexity index is 188. The highest BCUT2D eigenvalue weighted by molar-refractivity contribution is 8.00. The first kappa shape index (κ1) is 13.2. The molecule has 90 valence electrons. The molecule has 0 aromatic carbocycles. The van der Waals surface area contributed by atoms with E-state index in [2.05, 4.69) is 0 Å². The summed E-state index contributed by atoms with van der Waals surface area (Å²) in [5, 5.41) is -1.25. The largest absolute Gasteiger partial charge is 0.402 e. The Labute approximate surface area is 93.0 Å². The lowest BCUT2D eigenvalue weighted by molar-refractivity contribution is -0.131. The predicted molar refractivity (Wildman–Crippen MR) is 58.0 cm³/mol. The molecule has 15 heavy (non-hydrogen) atoms. The number of hydrogen-bond acceptors (Lipinski definition) is 2. The molecule has 5 heteroatoms. The van der Waals surface area contributed by atoms with Gasteiger partial charge in [0.25, 0.3) is 0 Å². The molecule has 0 aromatic rings. The van der Waals surface area contributed by atoms with Crippen LogP contribution in [0.5, 0.6) is 0 Å². The van der Waals surface area contributed by atoms with Gasteiger partial charge in [0, 0.05) is 11.3 Å². The van der Waals surface area contributed by atoms with Crippen molar-refractivity contribution in [1.29, 1.82) is 0 Å². The van der Waals surface area contributed by atoms with Crippen molar-refractivity contribution in [1.82, 2.24) is 0 Å². The quantitative estimate of drug-likeness (QED) is 0.820. The smallest absolute Gasteiger partial charge is 0.327 e. The summed E-state index contributed by atoms with van der Waals surface area (Å²) in [7, 11) is 0. The van der Waals surface area contributed by atoms with Crippen molar-refractivity contribution in [3.63, 3.8) is 0 Å². The van der Waals surface area contributed by atoms with Crippen molar-refractivity contribution in [3.8, 4) is 0 Å². The van der Waals surface area contributed by atoms with E-state index in [9.17, 15) is 13.2 Å². The Balaban J connectivity index is 2.50. The van der Waals surface area contributed by atoms with E-state index in [-0.39, 0.29) is 5.25 Å². The number of halogens is 3. The van der Waals surface area contributed by atoms with E-state index >= 15 is 0 Å². The topological polar surface area (TPSA) is 26.0 Å². The highest BCUT2D eigenvalue weighted by atomic mass is 32.2. The zero-order valence-corrected chi connectivity index (χ0v) is 9.70. The molecule has 0 saturated heterocycles. The molecule has 0 heterocycles. The minimum atomic E-state index is -4.17. The average Bonchev–Trinajstić information content (AvgIpc) is 2.13. The molecule has 1 aliphatic rings. The second-order valence-corrected chi connectivity index (χ2v) is 5.66. The zero-order chi connectivity index (χ0) is 11.5. The molecule has 1 aliphatic carbocycles. The second-order valence-electron chi connectivity index (χ2n) is 4.22. The zero-order valence-electron chi connectivity index (χ0n) is 8.89. The monoisotopic (exact) mass is 241 g/mol. The first-order chi connectivity index (χ1) is 6.91. The van der Waals surface area contributed by atoms with E-state index in [0.717, 1.165) is 43.9 Å². The van der Waals surface area contributed by atoms with Gasteiger partial charge in [-0.05, 0) is 19.8 Å². The lowest BCUT2D eigenvalue weighted by atomic mass is 10.0. The summed E-state index contributed by atoms with van der Waals surface area (Å²) in [6.45, 7) is 1.44. The van der Waals surface area contributed by atoms with E-state index in [0.29, 0.717) is 0 Å². The highest BCUT2D eigenvalue weighted by Crippen LogP contribution is 2.39. The van der Waals surface area contributed by atoms with Crippen LogP contribution < -0.4 is 5.73 Å². The first-order valence-corrected chi connectivity index (χ1v) is 6.33. The van der Waals surface area contributed by atoms with E-state index < -0.39 is 17.5 Å². The van der Waals surface area contributed by atoms with Crippen LogP contribution in [0.4, 0.5) is 13.2 Å². The van der Waals surface area contributed by atoms with Gasteiger partial charge in [-0.15, -0.1) is 11.8 Å². The van der Waals surface area contributed by atoms with Crippen molar-refractivity contribution in [3.05, 3.63) is 0 Å². The van der Waals surface area contributed by atoms with Crippen molar-refractivity contribution in [2.75, 3.05) is 0 Å². The standard InChI is InChI=1S/C10H18F3NS/c1-7(14)9(10(11,12)13)15-8-5-3-2-4-6-8/h7-9H,2-6,14H2,1H3. The lowest BCUT2D eigenvalue weighted by Gasteiger charge is -2.29. The fourth-order valence-corrected chi connectivity index (χ4v) is 3.33. The molecule has 2 N–H and O–H groups in total. The Morgan fingerprint density at radius 3 is 2.13 bits per heavy atom. The third kappa shape index (κ3) is 4.23. The van der Waals surface area contributed by atoms with Gasteiger partial charge in [-0.25, -0.2) is 0 Å². The van der Waals surface area contributed by atoms with Crippen LogP contribution in [0.15, 0.2) is 0 Å². The summed E-state index contributed by atoms with van der Waals surface area (Å²) in [5.74, 6) is 0. The van der Waals surface area contributed by atoms with E-state index in [4.69, 9.17) is 5.73 Å². The summed E-state index contributed by atoms with van der Waals surface area (Å²) in [4.78, 5) is 0.